The number of hydrogen-bond donors (Lipinski definition) is 1. The van der Waals surface area contributed by atoms with E-state index in [1.165, 1.54) is 11.5 Å². The number of aromatic nitrogens is 3. The van der Waals surface area contributed by atoms with E-state index in [1.54, 1.807) is 24.1 Å². The van der Waals surface area contributed by atoms with Crippen LogP contribution in [-0.4, -0.2) is 45.8 Å². The van der Waals surface area contributed by atoms with Gasteiger partial charge in [0.1, 0.15) is 6.17 Å². The Morgan fingerprint density at radius 3 is 3.00 bits per heavy atom. The van der Waals surface area contributed by atoms with Crippen molar-refractivity contribution in [1.82, 2.24) is 19.9 Å². The molecular weight excluding hydrogens is 309 g/mol. The summed E-state index contributed by atoms with van der Waals surface area (Å²) in [5.41, 5.74) is 1.25. The number of carbonyl (C=O) groups excluding carboxylic acids is 1. The number of amides is 1. The van der Waals surface area contributed by atoms with Gasteiger partial charge in [-0.2, -0.15) is 4.37 Å². The topological polar surface area (TPSA) is 84.2 Å². The molecule has 0 unspecified atom stereocenters. The summed E-state index contributed by atoms with van der Waals surface area (Å²) in [6.45, 7) is 3.98. The fraction of sp³-hybridized carbons (Fsp3) is 0.538. The second-order valence-corrected chi connectivity index (χ2v) is 5.90. The second-order valence-electron chi connectivity index (χ2n) is 5.27. The number of hydrogen-bond acceptors (Lipinski definition) is 7. The maximum atomic E-state index is 13.7. The van der Waals surface area contributed by atoms with Crippen LogP contribution in [0.5, 0.6) is 0 Å². The second kappa shape index (κ2) is 5.99. The van der Waals surface area contributed by atoms with Crippen LogP contribution in [0.15, 0.2) is 9.80 Å². The predicted octanol–water partition coefficient (Wildman–Crippen LogP) is 1.49. The van der Waals surface area contributed by atoms with Crippen LogP contribution in [0.25, 0.3) is 0 Å². The summed E-state index contributed by atoms with van der Waals surface area (Å²) in [6.07, 6.45) is -0.651. The summed E-state index contributed by atoms with van der Waals surface area (Å²) in [5.74, 6) is 0.232. The van der Waals surface area contributed by atoms with Gasteiger partial charge in [-0.1, -0.05) is 5.10 Å². The lowest BCUT2D eigenvalue weighted by Gasteiger charge is -2.22. The number of halogens is 1. The van der Waals surface area contributed by atoms with Gasteiger partial charge in [-0.05, 0) is 18.5 Å². The molecule has 1 N–H and O–H groups in total. The molecule has 0 aliphatic carbocycles. The van der Waals surface area contributed by atoms with Crippen LogP contribution in [0.4, 0.5) is 10.4 Å². The van der Waals surface area contributed by atoms with Crippen molar-refractivity contribution in [3.63, 3.8) is 0 Å². The van der Waals surface area contributed by atoms with E-state index in [-0.39, 0.29) is 18.5 Å². The minimum Gasteiger partial charge on any atom is -0.408 e. The van der Waals surface area contributed by atoms with Crippen molar-refractivity contribution in [3.05, 3.63) is 22.5 Å². The number of alkyl halides is 1. The zero-order valence-corrected chi connectivity index (χ0v) is 13.1. The molecule has 1 amide bonds. The largest absolute Gasteiger partial charge is 0.408 e. The van der Waals surface area contributed by atoms with Crippen molar-refractivity contribution in [3.8, 4) is 0 Å². The molecule has 2 aromatic rings. The van der Waals surface area contributed by atoms with Crippen LogP contribution in [0, 0.1) is 13.8 Å². The van der Waals surface area contributed by atoms with Gasteiger partial charge in [0.25, 0.3) is 5.91 Å². The van der Waals surface area contributed by atoms with Crippen molar-refractivity contribution in [2.75, 3.05) is 18.0 Å². The van der Waals surface area contributed by atoms with E-state index in [1.807, 2.05) is 0 Å². The Morgan fingerprint density at radius 2 is 2.36 bits per heavy atom. The lowest BCUT2D eigenvalue weighted by atomic mass is 10.2. The molecule has 118 valence electrons. The molecule has 1 saturated heterocycles. The number of nitrogens with zero attached hydrogens (tertiary/aromatic N) is 4. The Kier molecular flexibility index (Phi) is 4.06. The normalized spacial score (nSPS) is 21.3. The van der Waals surface area contributed by atoms with Crippen LogP contribution in [0.2, 0.25) is 0 Å². The molecule has 0 radical (unpaired) electrons. The highest BCUT2D eigenvalue weighted by atomic mass is 32.1. The van der Waals surface area contributed by atoms with Crippen molar-refractivity contribution < 1.29 is 13.6 Å². The lowest BCUT2D eigenvalue weighted by Crippen LogP contribution is -2.40. The lowest BCUT2D eigenvalue weighted by molar-refractivity contribution is 0.0950. The average Bonchev–Trinajstić information content (AvgIpc) is 3.16. The van der Waals surface area contributed by atoms with Crippen molar-refractivity contribution in [2.24, 2.45) is 0 Å². The third-order valence-corrected chi connectivity index (χ3v) is 4.34. The van der Waals surface area contributed by atoms with Gasteiger partial charge in [-0.3, -0.25) is 4.79 Å². The molecule has 1 aliphatic rings. The van der Waals surface area contributed by atoms with Gasteiger partial charge in [-0.15, -0.1) is 5.10 Å². The monoisotopic (exact) mass is 325 g/mol. The smallest absolute Gasteiger partial charge is 0.318 e. The van der Waals surface area contributed by atoms with Crippen LogP contribution in [0.1, 0.15) is 28.4 Å². The molecular formula is C13H16FN5O2S. The van der Waals surface area contributed by atoms with E-state index in [0.717, 1.165) is 0 Å². The summed E-state index contributed by atoms with van der Waals surface area (Å²) < 4.78 is 23.2. The van der Waals surface area contributed by atoms with Gasteiger partial charge in [0, 0.05) is 25.3 Å². The number of rotatable bonds is 4. The molecule has 7 nitrogen and oxygen atoms in total. The molecule has 0 bridgehead atoms. The maximum absolute atomic E-state index is 13.7. The minimum atomic E-state index is -0.973. The van der Waals surface area contributed by atoms with Gasteiger partial charge < -0.3 is 14.6 Å². The molecule has 3 rings (SSSR count). The summed E-state index contributed by atoms with van der Waals surface area (Å²) in [6, 6.07) is 0.0935. The van der Waals surface area contributed by atoms with Crippen LogP contribution >= 0.6 is 11.5 Å². The number of carbonyl (C=O) groups is 1. The number of aryl methyl sites for hydroxylation is 2. The first-order chi connectivity index (χ1) is 10.5. The quantitative estimate of drug-likeness (QED) is 0.917. The molecule has 1 aliphatic heterocycles. The Morgan fingerprint density at radius 1 is 1.55 bits per heavy atom. The maximum Gasteiger partial charge on any atom is 0.318 e. The number of nitrogens with one attached hydrogen (secondary N) is 1. The minimum absolute atomic E-state index is 0.196. The Balaban J connectivity index is 1.65. The summed E-state index contributed by atoms with van der Waals surface area (Å²) in [5, 5.41) is 12.2. The van der Waals surface area contributed by atoms with Gasteiger partial charge in [0.15, 0.2) is 0 Å². The molecule has 0 aromatic carbocycles. The van der Waals surface area contributed by atoms with E-state index in [4.69, 9.17) is 4.42 Å². The molecule has 0 saturated carbocycles. The molecule has 2 aromatic heterocycles. The Bertz CT molecular complexity index is 673. The van der Waals surface area contributed by atoms with E-state index in [9.17, 15) is 9.18 Å². The zero-order chi connectivity index (χ0) is 15.7. The third-order valence-electron chi connectivity index (χ3n) is 3.62. The first kappa shape index (κ1) is 14.9. The molecule has 2 atom stereocenters. The zero-order valence-electron chi connectivity index (χ0n) is 12.2. The van der Waals surface area contributed by atoms with Crippen LogP contribution < -0.4 is 10.2 Å². The van der Waals surface area contributed by atoms with Gasteiger partial charge in [-0.25, -0.2) is 4.39 Å². The molecule has 22 heavy (non-hydrogen) atoms. The fourth-order valence-corrected chi connectivity index (χ4v) is 3.20. The molecule has 0 spiro atoms. The van der Waals surface area contributed by atoms with Gasteiger partial charge >= 0.3 is 6.01 Å². The first-order valence-electron chi connectivity index (χ1n) is 6.94. The molecule has 1 fully saturated rings. The van der Waals surface area contributed by atoms with Crippen molar-refractivity contribution in [2.45, 2.75) is 32.5 Å². The highest BCUT2D eigenvalue weighted by Gasteiger charge is 2.35. The van der Waals surface area contributed by atoms with Crippen molar-refractivity contribution in [1.29, 1.82) is 0 Å². The molecule has 3 heterocycles. The van der Waals surface area contributed by atoms with Crippen molar-refractivity contribution >= 4 is 23.5 Å². The summed E-state index contributed by atoms with van der Waals surface area (Å²) >= 11 is 1.24. The standard InChI is InChI=1S/C13H16FN5O2S/c1-7-11(6-22-18-7)12(20)15-4-10-3-9(14)5-19(10)13-17-16-8(2)21-13/h6,9-10H,3-5H2,1-2H3,(H,15,20)/t9-,10-/m0/s1. The Labute approximate surface area is 130 Å². The number of anilines is 1. The average molecular weight is 325 g/mol. The van der Waals surface area contributed by atoms with E-state index >= 15 is 0 Å². The van der Waals surface area contributed by atoms with E-state index in [2.05, 4.69) is 19.9 Å². The summed E-state index contributed by atoms with van der Waals surface area (Å²) in [4.78, 5) is 13.8. The predicted molar refractivity (Wildman–Crippen MR) is 78.9 cm³/mol. The van der Waals surface area contributed by atoms with Gasteiger partial charge in [0.05, 0.1) is 23.8 Å². The SMILES string of the molecule is Cc1nnc(N2C[C@@H](F)C[C@H]2CNC(=O)c2csnc2C)o1. The summed E-state index contributed by atoms with van der Waals surface area (Å²) in [7, 11) is 0. The fourth-order valence-electron chi connectivity index (χ4n) is 2.51. The highest BCUT2D eigenvalue weighted by molar-refractivity contribution is 7.03. The van der Waals surface area contributed by atoms with E-state index in [0.29, 0.717) is 36.1 Å². The van der Waals surface area contributed by atoms with Crippen LogP contribution in [0.3, 0.4) is 0 Å². The first-order valence-corrected chi connectivity index (χ1v) is 7.78. The van der Waals surface area contributed by atoms with Crippen LogP contribution in [-0.2, 0) is 0 Å². The van der Waals surface area contributed by atoms with E-state index < -0.39 is 6.17 Å². The van der Waals surface area contributed by atoms with Gasteiger partial charge in [0.2, 0.25) is 5.89 Å². The highest BCUT2D eigenvalue weighted by Crippen LogP contribution is 2.26. The third kappa shape index (κ3) is 2.94. The molecule has 9 heteroatoms. The Hall–Kier alpha value is -2.03.